The van der Waals surface area contributed by atoms with Crippen LogP contribution in [0.5, 0.6) is 0 Å². The second-order valence-electron chi connectivity index (χ2n) is 6.52. The van der Waals surface area contributed by atoms with Crippen LogP contribution in [0.4, 0.5) is 4.39 Å². The molecular weight excluding hydrogens is 349 g/mol. The van der Waals surface area contributed by atoms with Gasteiger partial charge in [0.15, 0.2) is 0 Å². The molecule has 138 valence electrons. The van der Waals surface area contributed by atoms with Gasteiger partial charge in [-0.3, -0.25) is 4.79 Å². The van der Waals surface area contributed by atoms with Crippen LogP contribution >= 0.6 is 0 Å². The molecule has 1 atom stereocenters. The molecule has 1 amide bonds. The Morgan fingerprint density at radius 1 is 1.30 bits per heavy atom. The number of hydrogen-bond donors (Lipinski definition) is 0. The maximum atomic E-state index is 13.3. The minimum Gasteiger partial charge on any atom is -0.335 e. The Hall–Kier alpha value is -3.23. The Labute approximate surface area is 155 Å². The number of benzene rings is 1. The van der Waals surface area contributed by atoms with E-state index in [1.807, 2.05) is 0 Å². The van der Waals surface area contributed by atoms with Crippen LogP contribution in [0, 0.1) is 12.7 Å². The molecular formula is C18H18FN7O. The lowest BCUT2D eigenvalue weighted by atomic mass is 10.0. The number of nitrogens with zero attached hydrogens (tertiary/aromatic N) is 7. The van der Waals surface area contributed by atoms with E-state index in [1.165, 1.54) is 23.1 Å². The highest BCUT2D eigenvalue weighted by molar-refractivity contribution is 5.81. The molecule has 3 aromatic rings. The van der Waals surface area contributed by atoms with Crippen molar-refractivity contribution in [1.82, 2.24) is 35.1 Å². The number of amides is 1. The molecule has 0 spiro atoms. The summed E-state index contributed by atoms with van der Waals surface area (Å²) in [4.78, 5) is 23.4. The van der Waals surface area contributed by atoms with Crippen molar-refractivity contribution in [3.8, 4) is 0 Å². The molecule has 0 radical (unpaired) electrons. The smallest absolute Gasteiger partial charge is 0.248 e. The molecule has 2 aromatic heterocycles. The zero-order valence-corrected chi connectivity index (χ0v) is 14.8. The molecule has 4 rings (SSSR count). The van der Waals surface area contributed by atoms with Crippen molar-refractivity contribution in [2.24, 2.45) is 0 Å². The summed E-state index contributed by atoms with van der Waals surface area (Å²) < 4.78 is 14.8. The molecule has 1 aliphatic heterocycles. The van der Waals surface area contributed by atoms with E-state index in [4.69, 9.17) is 0 Å². The Morgan fingerprint density at radius 2 is 2.11 bits per heavy atom. The van der Waals surface area contributed by atoms with Gasteiger partial charge in [-0.05, 0) is 47.0 Å². The van der Waals surface area contributed by atoms with Gasteiger partial charge >= 0.3 is 0 Å². The number of fused-ring (bicyclic) bond motifs is 1. The molecule has 0 saturated heterocycles. The van der Waals surface area contributed by atoms with E-state index in [1.54, 1.807) is 30.2 Å². The maximum Gasteiger partial charge on any atom is 0.248 e. The zero-order chi connectivity index (χ0) is 18.8. The summed E-state index contributed by atoms with van der Waals surface area (Å²) in [6.07, 6.45) is 4.37. The number of rotatable bonds is 4. The van der Waals surface area contributed by atoms with E-state index in [-0.39, 0.29) is 11.7 Å². The van der Waals surface area contributed by atoms with Crippen LogP contribution in [0.1, 0.15) is 28.7 Å². The molecule has 3 heterocycles. The standard InChI is InChI=1S/C18H18FN7O/c1-12-22-23-24-26(12)17(8-13-2-4-15(19)5-3-13)18(27)25-7-6-14-9-20-11-21-16(14)10-25/h2-5,9,11,17H,6-8,10H2,1H3/t17-/m1/s1. The van der Waals surface area contributed by atoms with Gasteiger partial charge in [0.05, 0.1) is 12.2 Å². The fourth-order valence-electron chi connectivity index (χ4n) is 3.30. The predicted octanol–water partition coefficient (Wildman–Crippen LogP) is 1.28. The number of carbonyl (C=O) groups excluding carboxylic acids is 1. The Kier molecular flexibility index (Phi) is 4.57. The Balaban J connectivity index is 1.61. The highest BCUT2D eigenvalue weighted by Gasteiger charge is 2.31. The van der Waals surface area contributed by atoms with Gasteiger partial charge in [-0.25, -0.2) is 19.0 Å². The van der Waals surface area contributed by atoms with E-state index in [0.29, 0.717) is 31.8 Å². The normalized spacial score (nSPS) is 14.7. The number of aryl methyl sites for hydroxylation is 1. The first-order valence-corrected chi connectivity index (χ1v) is 8.67. The van der Waals surface area contributed by atoms with E-state index < -0.39 is 6.04 Å². The molecule has 0 fully saturated rings. The number of tetrazole rings is 1. The molecule has 1 aromatic carbocycles. The predicted molar refractivity (Wildman–Crippen MR) is 92.8 cm³/mol. The number of halogens is 1. The highest BCUT2D eigenvalue weighted by atomic mass is 19.1. The Morgan fingerprint density at radius 3 is 2.85 bits per heavy atom. The number of aromatic nitrogens is 6. The first-order valence-electron chi connectivity index (χ1n) is 8.67. The van der Waals surface area contributed by atoms with Crippen LogP contribution < -0.4 is 0 Å². The average Bonchev–Trinajstić information content (AvgIpc) is 3.12. The largest absolute Gasteiger partial charge is 0.335 e. The lowest BCUT2D eigenvalue weighted by molar-refractivity contribution is -0.136. The second kappa shape index (κ2) is 7.18. The molecule has 0 aliphatic carbocycles. The third-order valence-electron chi connectivity index (χ3n) is 4.76. The van der Waals surface area contributed by atoms with Gasteiger partial charge in [-0.2, -0.15) is 0 Å². The summed E-state index contributed by atoms with van der Waals surface area (Å²) in [5, 5.41) is 11.6. The number of carbonyl (C=O) groups is 1. The quantitative estimate of drug-likeness (QED) is 0.690. The Bertz CT molecular complexity index is 956. The zero-order valence-electron chi connectivity index (χ0n) is 14.8. The van der Waals surface area contributed by atoms with Crippen LogP contribution in [-0.2, 0) is 24.2 Å². The van der Waals surface area contributed by atoms with Gasteiger partial charge in [0.1, 0.15) is 24.0 Å². The van der Waals surface area contributed by atoms with Crippen molar-refractivity contribution in [3.05, 3.63) is 65.3 Å². The lowest BCUT2D eigenvalue weighted by Crippen LogP contribution is -2.42. The highest BCUT2D eigenvalue weighted by Crippen LogP contribution is 2.22. The van der Waals surface area contributed by atoms with E-state index in [9.17, 15) is 9.18 Å². The summed E-state index contributed by atoms with van der Waals surface area (Å²) in [7, 11) is 0. The van der Waals surface area contributed by atoms with Crippen molar-refractivity contribution < 1.29 is 9.18 Å². The fourth-order valence-corrected chi connectivity index (χ4v) is 3.30. The minimum absolute atomic E-state index is 0.0843. The van der Waals surface area contributed by atoms with Crippen molar-refractivity contribution in [1.29, 1.82) is 0 Å². The molecule has 27 heavy (non-hydrogen) atoms. The minimum atomic E-state index is -0.603. The lowest BCUT2D eigenvalue weighted by Gasteiger charge is -2.31. The summed E-state index contributed by atoms with van der Waals surface area (Å²) in [5.74, 6) is 0.154. The molecule has 1 aliphatic rings. The third-order valence-corrected chi connectivity index (χ3v) is 4.76. The molecule has 0 unspecified atom stereocenters. The summed E-state index contributed by atoms with van der Waals surface area (Å²) in [5.41, 5.74) is 2.76. The van der Waals surface area contributed by atoms with E-state index in [2.05, 4.69) is 25.5 Å². The maximum absolute atomic E-state index is 13.3. The second-order valence-corrected chi connectivity index (χ2v) is 6.52. The topological polar surface area (TPSA) is 89.7 Å². The number of hydrogen-bond acceptors (Lipinski definition) is 6. The summed E-state index contributed by atoms with van der Waals surface area (Å²) >= 11 is 0. The SMILES string of the molecule is Cc1nnnn1[C@H](Cc1ccc(F)cc1)C(=O)N1CCc2cncnc2C1. The van der Waals surface area contributed by atoms with Crippen LogP contribution in [0.2, 0.25) is 0 Å². The van der Waals surface area contributed by atoms with Crippen LogP contribution in [0.3, 0.4) is 0 Å². The van der Waals surface area contributed by atoms with Gasteiger partial charge in [0.2, 0.25) is 5.91 Å². The molecule has 0 saturated carbocycles. The van der Waals surface area contributed by atoms with Gasteiger partial charge in [-0.15, -0.1) is 5.10 Å². The van der Waals surface area contributed by atoms with Gasteiger partial charge in [0.25, 0.3) is 0 Å². The summed E-state index contributed by atoms with van der Waals surface area (Å²) in [6.45, 7) is 2.77. The van der Waals surface area contributed by atoms with Crippen molar-refractivity contribution in [3.63, 3.8) is 0 Å². The van der Waals surface area contributed by atoms with Gasteiger partial charge < -0.3 is 4.90 Å². The van der Waals surface area contributed by atoms with Crippen LogP contribution in [-0.4, -0.2) is 47.5 Å². The fraction of sp³-hybridized carbons (Fsp3) is 0.333. The van der Waals surface area contributed by atoms with Crippen LogP contribution in [0.25, 0.3) is 0 Å². The van der Waals surface area contributed by atoms with Crippen LogP contribution in [0.15, 0.2) is 36.8 Å². The molecule has 0 bridgehead atoms. The monoisotopic (exact) mass is 367 g/mol. The van der Waals surface area contributed by atoms with Crippen molar-refractivity contribution in [2.75, 3.05) is 6.54 Å². The van der Waals surface area contributed by atoms with Crippen molar-refractivity contribution in [2.45, 2.75) is 32.4 Å². The summed E-state index contributed by atoms with van der Waals surface area (Å²) in [6, 6.07) is 5.52. The van der Waals surface area contributed by atoms with E-state index >= 15 is 0 Å². The van der Waals surface area contributed by atoms with Crippen molar-refractivity contribution >= 4 is 5.91 Å². The first-order chi connectivity index (χ1) is 13.1. The van der Waals surface area contributed by atoms with E-state index in [0.717, 1.165) is 16.8 Å². The van der Waals surface area contributed by atoms with Gasteiger partial charge in [0, 0.05) is 19.2 Å². The molecule has 8 nitrogen and oxygen atoms in total. The first kappa shape index (κ1) is 17.2. The third kappa shape index (κ3) is 3.53. The molecule has 0 N–H and O–H groups in total. The van der Waals surface area contributed by atoms with Gasteiger partial charge in [-0.1, -0.05) is 12.1 Å². The average molecular weight is 367 g/mol. The molecule has 9 heteroatoms.